The largest absolute Gasteiger partial charge is 0.502 e. The lowest BCUT2D eigenvalue weighted by Gasteiger charge is -2.11. The number of aliphatic hydroxyl groups is 1. The first kappa shape index (κ1) is 19.4. The van der Waals surface area contributed by atoms with Crippen LogP contribution in [0.5, 0.6) is 0 Å². The minimum absolute atomic E-state index is 0.0516. The summed E-state index contributed by atoms with van der Waals surface area (Å²) in [5, 5.41) is 15.1. The van der Waals surface area contributed by atoms with Gasteiger partial charge >= 0.3 is 0 Å². The van der Waals surface area contributed by atoms with Crippen molar-refractivity contribution in [3.63, 3.8) is 0 Å². The van der Waals surface area contributed by atoms with Crippen molar-refractivity contribution in [2.24, 2.45) is 0 Å². The van der Waals surface area contributed by atoms with Gasteiger partial charge in [-0.25, -0.2) is 0 Å². The van der Waals surface area contributed by atoms with Crippen LogP contribution in [0.3, 0.4) is 0 Å². The van der Waals surface area contributed by atoms with E-state index in [1.54, 1.807) is 35.2 Å². The molecule has 0 unspecified atom stereocenters. The predicted octanol–water partition coefficient (Wildman–Crippen LogP) is 5.28. The monoisotopic (exact) mass is 415 g/mol. The molecule has 1 heterocycles. The van der Waals surface area contributed by atoms with Crippen molar-refractivity contribution >= 4 is 51.9 Å². The lowest BCUT2D eigenvalue weighted by atomic mass is 10.1. The lowest BCUT2D eigenvalue weighted by molar-refractivity contribution is -0.576. The molecule has 0 bridgehead atoms. The molecule has 3 aromatic rings. The van der Waals surface area contributed by atoms with Gasteiger partial charge < -0.3 is 10.4 Å². The molecule has 0 saturated carbocycles. The average Bonchev–Trinajstić information content (AvgIpc) is 2.70. The summed E-state index contributed by atoms with van der Waals surface area (Å²) in [6.45, 7) is 0.535. The van der Waals surface area contributed by atoms with Gasteiger partial charge in [0.15, 0.2) is 17.4 Å². The number of benzene rings is 2. The second-order valence-electron chi connectivity index (χ2n) is 5.77. The number of rotatable bonds is 5. The first-order valence-corrected chi connectivity index (χ1v) is 9.40. The van der Waals surface area contributed by atoms with Crippen LogP contribution in [0.1, 0.15) is 11.1 Å². The van der Waals surface area contributed by atoms with E-state index < -0.39 is 0 Å². The molecular weight excluding hydrogens is 399 g/mol. The van der Waals surface area contributed by atoms with Crippen LogP contribution >= 0.6 is 35.4 Å². The van der Waals surface area contributed by atoms with Gasteiger partial charge in [0, 0.05) is 29.3 Å². The molecule has 0 spiro atoms. The Morgan fingerprint density at radius 1 is 0.963 bits per heavy atom. The number of nitrogens with one attached hydrogen (secondary N) is 1. The highest BCUT2D eigenvalue weighted by molar-refractivity contribution is 7.81. The Balaban J connectivity index is 2.01. The standard InChI is InChI=1S/C21H16Cl2N2OS/c22-16-9-10-18(23)17(13-16)20(26)19(25-11-5-2-6-12-25)21(27)24-14-15-7-3-1-4-8-15/h1-13H,14H2,(H-,24,26,27)/p+1. The number of nitrogens with zero attached hydrogens (tertiary/aromatic N) is 1. The average molecular weight is 416 g/mol. The topological polar surface area (TPSA) is 36.1 Å². The van der Waals surface area contributed by atoms with Crippen molar-refractivity contribution in [3.8, 4) is 0 Å². The Morgan fingerprint density at radius 3 is 2.33 bits per heavy atom. The summed E-state index contributed by atoms with van der Waals surface area (Å²) in [4.78, 5) is 0.392. The summed E-state index contributed by atoms with van der Waals surface area (Å²) < 4.78 is 1.74. The Morgan fingerprint density at radius 2 is 1.63 bits per heavy atom. The van der Waals surface area contributed by atoms with Crippen molar-refractivity contribution < 1.29 is 9.67 Å². The van der Waals surface area contributed by atoms with Crippen LogP contribution in [-0.4, -0.2) is 10.1 Å². The van der Waals surface area contributed by atoms with Gasteiger partial charge in [0.1, 0.15) is 0 Å². The summed E-state index contributed by atoms with van der Waals surface area (Å²) in [6, 6.07) is 20.4. The Labute approximate surface area is 173 Å². The minimum atomic E-state index is -0.0516. The van der Waals surface area contributed by atoms with E-state index in [0.29, 0.717) is 32.8 Å². The summed E-state index contributed by atoms with van der Waals surface area (Å²) in [6.07, 6.45) is 3.61. The second kappa shape index (κ2) is 9.00. The third-order valence-corrected chi connectivity index (χ3v) is 4.79. The van der Waals surface area contributed by atoms with E-state index in [4.69, 9.17) is 35.4 Å². The van der Waals surface area contributed by atoms with Crippen LogP contribution in [0.2, 0.25) is 10.0 Å². The molecule has 0 aliphatic heterocycles. The van der Waals surface area contributed by atoms with Gasteiger partial charge in [-0.3, -0.25) is 0 Å². The molecule has 0 amide bonds. The van der Waals surface area contributed by atoms with Crippen molar-refractivity contribution in [2.75, 3.05) is 0 Å². The van der Waals surface area contributed by atoms with Crippen LogP contribution in [0.4, 0.5) is 0 Å². The Bertz CT molecular complexity index is 976. The summed E-state index contributed by atoms with van der Waals surface area (Å²) in [5.74, 6) is -0.0516. The number of aliphatic hydroxyl groups excluding tert-OH is 1. The van der Waals surface area contributed by atoms with Gasteiger partial charge in [0.05, 0.1) is 5.02 Å². The van der Waals surface area contributed by atoms with Crippen LogP contribution in [0.25, 0.3) is 11.5 Å². The van der Waals surface area contributed by atoms with Gasteiger partial charge in [-0.2, -0.15) is 4.57 Å². The molecule has 0 aliphatic rings. The quantitative estimate of drug-likeness (QED) is 0.257. The zero-order valence-corrected chi connectivity index (χ0v) is 16.6. The van der Waals surface area contributed by atoms with Crippen molar-refractivity contribution in [2.45, 2.75) is 6.54 Å². The fourth-order valence-electron chi connectivity index (χ4n) is 2.56. The van der Waals surface area contributed by atoms with Crippen molar-refractivity contribution in [3.05, 3.63) is 100 Å². The molecule has 2 aromatic carbocycles. The molecular formula is C21H17Cl2N2OS+. The predicted molar refractivity (Wildman–Crippen MR) is 115 cm³/mol. The number of hydrogen-bond donors (Lipinski definition) is 2. The van der Waals surface area contributed by atoms with Gasteiger partial charge in [-0.05, 0) is 23.8 Å². The molecule has 0 aliphatic carbocycles. The Hall–Kier alpha value is -2.40. The molecule has 2 N–H and O–H groups in total. The van der Waals surface area contributed by atoms with Gasteiger partial charge in [0.25, 0.3) is 5.70 Å². The van der Waals surface area contributed by atoms with Crippen molar-refractivity contribution in [1.29, 1.82) is 0 Å². The SMILES string of the molecule is O/C(=C(/C(=S)NCc1ccccc1)[n+]1ccccc1)c1cc(Cl)ccc1Cl. The molecule has 0 saturated heterocycles. The van der Waals surface area contributed by atoms with Crippen LogP contribution in [-0.2, 0) is 6.54 Å². The molecule has 3 nitrogen and oxygen atoms in total. The van der Waals surface area contributed by atoms with E-state index in [-0.39, 0.29) is 5.76 Å². The number of thiocarbonyl (C=S) groups is 1. The summed E-state index contributed by atoms with van der Waals surface area (Å²) in [5.41, 5.74) is 1.92. The first-order valence-electron chi connectivity index (χ1n) is 8.23. The number of hydrogen-bond acceptors (Lipinski definition) is 2. The molecule has 27 heavy (non-hydrogen) atoms. The highest BCUT2D eigenvalue weighted by Gasteiger charge is 2.24. The van der Waals surface area contributed by atoms with E-state index in [9.17, 15) is 5.11 Å². The highest BCUT2D eigenvalue weighted by atomic mass is 35.5. The summed E-state index contributed by atoms with van der Waals surface area (Å²) in [7, 11) is 0. The fourth-order valence-corrected chi connectivity index (χ4v) is 3.22. The Kier molecular flexibility index (Phi) is 6.45. The molecule has 0 radical (unpaired) electrons. The normalized spacial score (nSPS) is 11.6. The van der Waals surface area contributed by atoms with Gasteiger partial charge in [0.2, 0.25) is 5.76 Å². The van der Waals surface area contributed by atoms with Crippen LogP contribution < -0.4 is 9.88 Å². The lowest BCUT2D eigenvalue weighted by Crippen LogP contribution is -2.40. The molecule has 0 atom stereocenters. The van der Waals surface area contributed by atoms with Crippen LogP contribution in [0, 0.1) is 0 Å². The van der Waals surface area contributed by atoms with Crippen molar-refractivity contribution in [1.82, 2.24) is 5.32 Å². The van der Waals surface area contributed by atoms with E-state index in [1.165, 1.54) is 0 Å². The maximum atomic E-state index is 11.0. The molecule has 136 valence electrons. The number of halogens is 2. The third-order valence-electron chi connectivity index (χ3n) is 3.89. The maximum Gasteiger partial charge on any atom is 0.288 e. The highest BCUT2D eigenvalue weighted by Crippen LogP contribution is 2.28. The smallest absolute Gasteiger partial charge is 0.288 e. The van der Waals surface area contributed by atoms with E-state index in [0.717, 1.165) is 5.56 Å². The second-order valence-corrected chi connectivity index (χ2v) is 7.02. The van der Waals surface area contributed by atoms with Crippen LogP contribution in [0.15, 0.2) is 79.1 Å². The van der Waals surface area contributed by atoms with E-state index in [1.807, 2.05) is 48.5 Å². The molecule has 3 rings (SSSR count). The van der Waals surface area contributed by atoms with Gasteiger partial charge in [-0.1, -0.05) is 71.8 Å². The maximum absolute atomic E-state index is 11.0. The molecule has 6 heteroatoms. The first-order chi connectivity index (χ1) is 13.1. The molecule has 1 aromatic heterocycles. The zero-order valence-electron chi connectivity index (χ0n) is 14.3. The minimum Gasteiger partial charge on any atom is -0.502 e. The molecule has 0 fully saturated rings. The van der Waals surface area contributed by atoms with Gasteiger partial charge in [-0.15, -0.1) is 0 Å². The fraction of sp³-hybridized carbons (Fsp3) is 0.0476. The third kappa shape index (κ3) is 4.86. The zero-order chi connectivity index (χ0) is 19.2. The summed E-state index contributed by atoms with van der Waals surface area (Å²) >= 11 is 17.9. The number of aromatic nitrogens is 1. The van der Waals surface area contributed by atoms with E-state index in [2.05, 4.69) is 5.32 Å². The van der Waals surface area contributed by atoms with E-state index >= 15 is 0 Å². The number of pyridine rings is 1.